The second-order valence-electron chi connectivity index (χ2n) is 5.56. The molecule has 3 atom stereocenters. The third-order valence-electron chi connectivity index (χ3n) is 3.89. The molecule has 1 fully saturated rings. The van der Waals surface area contributed by atoms with Crippen molar-refractivity contribution in [3.05, 3.63) is 21.9 Å². The molecule has 0 radical (unpaired) electrons. The standard InChI is InChI=1S/C15H25NS/c1-4-9-16-15(13-7-5-11(2)10-13)14-8-6-12(3)17-14/h6,8,11,13,15-16H,4-5,7,9-10H2,1-3H3. The molecule has 0 spiro atoms. The molecule has 1 nitrogen and oxygen atoms in total. The van der Waals surface area contributed by atoms with E-state index >= 15 is 0 Å². The highest BCUT2D eigenvalue weighted by molar-refractivity contribution is 7.12. The van der Waals surface area contributed by atoms with Gasteiger partial charge in [-0.15, -0.1) is 11.3 Å². The van der Waals surface area contributed by atoms with E-state index in [-0.39, 0.29) is 0 Å². The van der Waals surface area contributed by atoms with E-state index in [1.807, 2.05) is 11.3 Å². The first kappa shape index (κ1) is 13.1. The van der Waals surface area contributed by atoms with E-state index in [0.717, 1.165) is 18.4 Å². The zero-order chi connectivity index (χ0) is 12.3. The van der Waals surface area contributed by atoms with Gasteiger partial charge in [-0.25, -0.2) is 0 Å². The Morgan fingerprint density at radius 1 is 1.41 bits per heavy atom. The van der Waals surface area contributed by atoms with Crippen LogP contribution in [0.1, 0.15) is 55.3 Å². The van der Waals surface area contributed by atoms with Gasteiger partial charge in [0.25, 0.3) is 0 Å². The Kier molecular flexibility index (Phi) is 4.63. The average Bonchev–Trinajstić information content (AvgIpc) is 2.89. The first-order chi connectivity index (χ1) is 8.20. The highest BCUT2D eigenvalue weighted by atomic mass is 32.1. The fourth-order valence-corrected chi connectivity index (χ4v) is 4.02. The van der Waals surface area contributed by atoms with Crippen LogP contribution in [0.15, 0.2) is 12.1 Å². The van der Waals surface area contributed by atoms with Crippen molar-refractivity contribution in [1.29, 1.82) is 0 Å². The zero-order valence-electron chi connectivity index (χ0n) is 11.3. The third kappa shape index (κ3) is 3.32. The summed E-state index contributed by atoms with van der Waals surface area (Å²) in [5.74, 6) is 1.78. The van der Waals surface area contributed by atoms with Crippen LogP contribution in [-0.2, 0) is 0 Å². The van der Waals surface area contributed by atoms with Crippen LogP contribution in [0.25, 0.3) is 0 Å². The highest BCUT2D eigenvalue weighted by Crippen LogP contribution is 2.40. The maximum Gasteiger partial charge on any atom is 0.0443 e. The summed E-state index contributed by atoms with van der Waals surface area (Å²) in [6.45, 7) is 8.01. The monoisotopic (exact) mass is 251 g/mol. The average molecular weight is 251 g/mol. The number of nitrogens with one attached hydrogen (secondary N) is 1. The van der Waals surface area contributed by atoms with Crippen LogP contribution in [-0.4, -0.2) is 6.54 Å². The number of rotatable bonds is 5. The van der Waals surface area contributed by atoms with Crippen molar-refractivity contribution in [2.45, 2.75) is 52.5 Å². The van der Waals surface area contributed by atoms with Crippen molar-refractivity contribution >= 4 is 11.3 Å². The molecule has 1 N–H and O–H groups in total. The molecule has 0 bridgehead atoms. The summed E-state index contributed by atoms with van der Waals surface area (Å²) in [5.41, 5.74) is 0. The Morgan fingerprint density at radius 2 is 2.24 bits per heavy atom. The summed E-state index contributed by atoms with van der Waals surface area (Å²) in [5, 5.41) is 3.77. The Labute approximate surface area is 110 Å². The van der Waals surface area contributed by atoms with Crippen molar-refractivity contribution in [3.63, 3.8) is 0 Å². The molecule has 0 aliphatic heterocycles. The van der Waals surface area contributed by atoms with Crippen LogP contribution in [0, 0.1) is 18.8 Å². The minimum Gasteiger partial charge on any atom is -0.309 e. The van der Waals surface area contributed by atoms with Gasteiger partial charge in [-0.2, -0.15) is 0 Å². The molecule has 1 aromatic heterocycles. The number of thiophene rings is 1. The number of hydrogen-bond donors (Lipinski definition) is 1. The van der Waals surface area contributed by atoms with Crippen LogP contribution in [0.3, 0.4) is 0 Å². The van der Waals surface area contributed by atoms with Gasteiger partial charge in [-0.3, -0.25) is 0 Å². The molecule has 0 amide bonds. The summed E-state index contributed by atoms with van der Waals surface area (Å²) < 4.78 is 0. The van der Waals surface area contributed by atoms with Gasteiger partial charge in [0.15, 0.2) is 0 Å². The predicted molar refractivity (Wildman–Crippen MR) is 76.6 cm³/mol. The quantitative estimate of drug-likeness (QED) is 0.810. The van der Waals surface area contributed by atoms with E-state index in [1.165, 1.54) is 30.6 Å². The van der Waals surface area contributed by atoms with E-state index in [9.17, 15) is 0 Å². The minimum absolute atomic E-state index is 0.610. The number of hydrogen-bond acceptors (Lipinski definition) is 2. The van der Waals surface area contributed by atoms with E-state index in [1.54, 1.807) is 4.88 Å². The molecule has 96 valence electrons. The van der Waals surface area contributed by atoms with Gasteiger partial charge in [0.2, 0.25) is 0 Å². The summed E-state index contributed by atoms with van der Waals surface area (Å²) in [6, 6.07) is 5.20. The maximum atomic E-state index is 3.77. The van der Waals surface area contributed by atoms with Crippen molar-refractivity contribution in [3.8, 4) is 0 Å². The fourth-order valence-electron chi connectivity index (χ4n) is 2.97. The summed E-state index contributed by atoms with van der Waals surface area (Å²) in [6.07, 6.45) is 5.44. The van der Waals surface area contributed by atoms with E-state index in [2.05, 4.69) is 38.2 Å². The molecule has 2 heteroatoms. The Bertz CT molecular complexity index is 344. The van der Waals surface area contributed by atoms with E-state index in [4.69, 9.17) is 0 Å². The first-order valence-electron chi connectivity index (χ1n) is 7.00. The predicted octanol–water partition coefficient (Wildman–Crippen LogP) is 4.53. The normalized spacial score (nSPS) is 26.3. The molecule has 1 aromatic rings. The SMILES string of the molecule is CCCNC(c1ccc(C)s1)C1CCC(C)C1. The Balaban J connectivity index is 2.07. The lowest BCUT2D eigenvalue weighted by Crippen LogP contribution is -2.27. The first-order valence-corrected chi connectivity index (χ1v) is 7.82. The second-order valence-corrected chi connectivity index (χ2v) is 6.88. The smallest absolute Gasteiger partial charge is 0.0443 e. The lowest BCUT2D eigenvalue weighted by Gasteiger charge is -2.24. The van der Waals surface area contributed by atoms with Gasteiger partial charge in [-0.1, -0.05) is 20.3 Å². The maximum absolute atomic E-state index is 3.77. The fraction of sp³-hybridized carbons (Fsp3) is 0.733. The molecule has 1 heterocycles. The molecule has 1 saturated carbocycles. The summed E-state index contributed by atoms with van der Waals surface area (Å²) >= 11 is 1.97. The molecule has 2 rings (SSSR count). The van der Waals surface area contributed by atoms with Crippen molar-refractivity contribution < 1.29 is 0 Å². The molecule has 0 aromatic carbocycles. The molecule has 3 unspecified atom stereocenters. The molecule has 17 heavy (non-hydrogen) atoms. The van der Waals surface area contributed by atoms with Gasteiger partial charge in [0.1, 0.15) is 0 Å². The molecule has 1 aliphatic carbocycles. The molecular formula is C15H25NS. The Hall–Kier alpha value is -0.340. The van der Waals surface area contributed by atoms with Crippen LogP contribution in [0.5, 0.6) is 0 Å². The topological polar surface area (TPSA) is 12.0 Å². The van der Waals surface area contributed by atoms with Crippen LogP contribution in [0.4, 0.5) is 0 Å². The van der Waals surface area contributed by atoms with Crippen molar-refractivity contribution in [2.75, 3.05) is 6.54 Å². The molecule has 1 aliphatic rings. The lowest BCUT2D eigenvalue weighted by atomic mass is 9.95. The third-order valence-corrected chi connectivity index (χ3v) is 4.97. The van der Waals surface area contributed by atoms with Crippen molar-refractivity contribution in [2.24, 2.45) is 11.8 Å². The second kappa shape index (κ2) is 6.01. The van der Waals surface area contributed by atoms with Gasteiger partial charge < -0.3 is 5.32 Å². The van der Waals surface area contributed by atoms with Gasteiger partial charge >= 0.3 is 0 Å². The van der Waals surface area contributed by atoms with E-state index in [0.29, 0.717) is 6.04 Å². The summed E-state index contributed by atoms with van der Waals surface area (Å²) in [7, 11) is 0. The van der Waals surface area contributed by atoms with E-state index < -0.39 is 0 Å². The highest BCUT2D eigenvalue weighted by Gasteiger charge is 2.30. The van der Waals surface area contributed by atoms with Crippen LogP contribution in [0.2, 0.25) is 0 Å². The Morgan fingerprint density at radius 3 is 2.76 bits per heavy atom. The molecule has 0 saturated heterocycles. The largest absolute Gasteiger partial charge is 0.309 e. The number of aryl methyl sites for hydroxylation is 1. The van der Waals surface area contributed by atoms with Gasteiger partial charge in [0.05, 0.1) is 0 Å². The molecular weight excluding hydrogens is 226 g/mol. The minimum atomic E-state index is 0.610. The van der Waals surface area contributed by atoms with Crippen LogP contribution < -0.4 is 5.32 Å². The van der Waals surface area contributed by atoms with Gasteiger partial charge in [-0.05, 0) is 56.7 Å². The van der Waals surface area contributed by atoms with Crippen LogP contribution >= 0.6 is 11.3 Å². The summed E-state index contributed by atoms with van der Waals surface area (Å²) in [4.78, 5) is 2.99. The lowest BCUT2D eigenvalue weighted by molar-refractivity contribution is 0.364. The van der Waals surface area contributed by atoms with Gasteiger partial charge in [0, 0.05) is 15.8 Å². The zero-order valence-corrected chi connectivity index (χ0v) is 12.1. The van der Waals surface area contributed by atoms with Crippen molar-refractivity contribution in [1.82, 2.24) is 5.32 Å².